The fraction of sp³-hybridized carbons (Fsp3) is 0.512. The molecule has 12 rings (SSSR count). The van der Waals surface area contributed by atoms with Crippen molar-refractivity contribution in [1.29, 1.82) is 0 Å². The number of fused-ring (bicyclic) bond motifs is 4. The van der Waals surface area contributed by atoms with Gasteiger partial charge in [0.15, 0.2) is 70.8 Å². The fourth-order valence-corrected chi connectivity index (χ4v) is 13.4. The number of aliphatic hydroxyl groups excluding tert-OH is 5. The Labute approximate surface area is 499 Å². The van der Waals surface area contributed by atoms with Crippen molar-refractivity contribution in [2.75, 3.05) is 55.7 Å². The van der Waals surface area contributed by atoms with Gasteiger partial charge >= 0.3 is 31.1 Å². The van der Waals surface area contributed by atoms with Crippen molar-refractivity contribution in [2.45, 2.75) is 98.2 Å². The van der Waals surface area contributed by atoms with Crippen LogP contribution in [-0.4, -0.2) is 234 Å². The van der Waals surface area contributed by atoms with E-state index in [1.165, 1.54) is 10.9 Å². The first kappa shape index (κ1) is 63.6. The number of aliphatic hydroxyl groups is 5. The van der Waals surface area contributed by atoms with Gasteiger partial charge in [0.05, 0.1) is 51.7 Å². The van der Waals surface area contributed by atoms with Gasteiger partial charge in [-0.05, 0) is 0 Å². The molecule has 4 fully saturated rings. The summed E-state index contributed by atoms with van der Waals surface area (Å²) in [5, 5.41) is 57.0. The normalized spacial score (nSPS) is 31.1. The predicted octanol–water partition coefficient (Wildman–Crippen LogP) is -4.27. The van der Waals surface area contributed by atoms with Crippen LogP contribution in [0.25, 0.3) is 44.7 Å². The standard InChI is InChI=1S/C41H52N20O25P4/c42-30-18-34(50-5-46-30)58(9-54-18)38-26(66)22(62)15(80-38)2-77-88(70,71)85-28-24(64)17(82-40(28)60-11-56-20-32(44)48-7-52-36(20)60)4-79-90(74,75)86-29-25(65)16(83-41(29)61-12-57-21-33(45)49-8-53-37(21)61)3-78-89(72,73)84-27-23(63)14(1-76-13-87(67,68)69)81-39(27)59-10-55-19-31(43)47-6-51-35(19)59/h5-12,14-17,22-29,38-41,62-66H,1-4,13H2,(H,70,71)(H,72,73)(H,74,75)(H2,42,46,50)(H2,43,47,51)(H2,44,48,52)(H2,45,49,53)(H2,67,68,69)/t14-,15-,16-,17-,22-,23+,24-,25-,26-,27-,28-,29-,38-,39-,40-,41-/m1/s1. The van der Waals surface area contributed by atoms with Crippen molar-refractivity contribution < 1.29 is 119 Å². The van der Waals surface area contributed by atoms with Crippen LogP contribution in [0.3, 0.4) is 0 Å². The van der Waals surface area contributed by atoms with Crippen molar-refractivity contribution in [3.05, 3.63) is 50.6 Å². The minimum Gasteiger partial charge on any atom is -0.387 e. The van der Waals surface area contributed by atoms with Crippen LogP contribution in [0.5, 0.6) is 0 Å². The number of nitrogens with zero attached hydrogens (tertiary/aromatic N) is 16. The van der Waals surface area contributed by atoms with Crippen LogP contribution in [0, 0.1) is 0 Å². The van der Waals surface area contributed by atoms with E-state index in [2.05, 4.69) is 59.8 Å². The van der Waals surface area contributed by atoms with Gasteiger partial charge in [0.1, 0.15) is 127 Å². The first-order chi connectivity index (χ1) is 42.7. The van der Waals surface area contributed by atoms with Crippen molar-refractivity contribution in [3.8, 4) is 0 Å². The maximum absolute atomic E-state index is 14.1. The number of phosphoric acid groups is 3. The molecular weight excluding hydrogens is 1300 g/mol. The van der Waals surface area contributed by atoms with Crippen LogP contribution in [0.2, 0.25) is 0 Å². The molecule has 4 aliphatic heterocycles. The number of aromatic nitrogens is 16. The summed E-state index contributed by atoms with van der Waals surface area (Å²) in [7, 11) is -21.3. The summed E-state index contributed by atoms with van der Waals surface area (Å²) in [5.74, 6) is -0.357. The lowest BCUT2D eigenvalue weighted by atomic mass is 10.1. The number of rotatable bonds is 23. The number of nitrogens with two attached hydrogens (primary N) is 4. The average Bonchev–Trinajstić information content (AvgIpc) is 1.64. The van der Waals surface area contributed by atoms with Crippen LogP contribution in [-0.2, 0) is 69.1 Å². The zero-order valence-corrected chi connectivity index (χ0v) is 48.8. The Kier molecular flexibility index (Phi) is 17.3. The minimum absolute atomic E-state index is 0.00296. The smallest absolute Gasteiger partial charge is 0.387 e. The molecule has 8 aromatic heterocycles. The SMILES string of the molecule is Nc1ncnc2c1ncn2[C@@H]1O[C@H](COP(=O)(O)O[C@@H]2[C@H](O)[C@@H](COP(=O)(O)O[C@@H]3[C@H](O)[C@@H](COP(=O)(O)O[C@@H]4[C@@H](O)[C@@H](COCP(=O)(O)O)O[C@H]4n4cnc5c(N)ncnc54)O[C@H]3n3cnc4c(N)ncnc43)O[C@H]2n2cnc3c(N)ncnc32)[C@@H](O)[C@H]1O. The van der Waals surface area contributed by atoms with Gasteiger partial charge < -0.3 is 96.6 Å². The van der Waals surface area contributed by atoms with Gasteiger partial charge in [-0.3, -0.25) is 50.0 Å². The van der Waals surface area contributed by atoms with Gasteiger partial charge in [-0.25, -0.2) is 73.5 Å². The maximum Gasteiger partial charge on any atom is 0.472 e. The molecule has 0 saturated carbocycles. The number of phosphoric ester groups is 3. The third-order valence-corrected chi connectivity index (χ3v) is 17.9. The Morgan fingerprint density at radius 3 is 0.978 bits per heavy atom. The lowest BCUT2D eigenvalue weighted by Crippen LogP contribution is -2.37. The van der Waals surface area contributed by atoms with E-state index < -0.39 is 162 Å². The van der Waals surface area contributed by atoms with Gasteiger partial charge in [0.2, 0.25) is 0 Å². The molecule has 12 heterocycles. The lowest BCUT2D eigenvalue weighted by Gasteiger charge is -2.25. The van der Waals surface area contributed by atoms with Gasteiger partial charge in [0, 0.05) is 0 Å². The summed E-state index contributed by atoms with van der Waals surface area (Å²) in [6, 6.07) is 0. The van der Waals surface area contributed by atoms with Gasteiger partial charge in [-0.1, -0.05) is 0 Å². The Hall–Kier alpha value is -6.52. The second-order valence-electron chi connectivity index (χ2n) is 20.2. The summed E-state index contributed by atoms with van der Waals surface area (Å²) < 4.78 is 119. The van der Waals surface area contributed by atoms with E-state index in [1.54, 1.807) is 0 Å². The molecule has 4 aliphatic rings. The molecule has 90 heavy (non-hydrogen) atoms. The van der Waals surface area contributed by atoms with E-state index in [0.717, 1.165) is 58.0 Å². The molecular formula is C41H52N20O25P4. The quantitative estimate of drug-likeness (QED) is 0.0270. The molecule has 4 saturated heterocycles. The first-order valence-corrected chi connectivity index (χ1v) is 32.3. The van der Waals surface area contributed by atoms with E-state index in [0.29, 0.717) is 0 Å². The maximum atomic E-state index is 14.1. The van der Waals surface area contributed by atoms with Gasteiger partial charge in [-0.2, -0.15) is 0 Å². The molecule has 19 atom stereocenters. The number of ether oxygens (including phenoxy) is 5. The zero-order chi connectivity index (χ0) is 63.9. The van der Waals surface area contributed by atoms with Crippen molar-refractivity contribution in [2.24, 2.45) is 0 Å². The summed E-state index contributed by atoms with van der Waals surface area (Å²) in [6.07, 6.45) is -21.0. The second-order valence-corrected chi connectivity index (χ2v) is 26.0. The molecule has 45 nitrogen and oxygen atoms in total. The molecule has 0 aromatic carbocycles. The van der Waals surface area contributed by atoms with Crippen molar-refractivity contribution in [3.63, 3.8) is 0 Å². The van der Waals surface area contributed by atoms with Crippen molar-refractivity contribution >= 4 is 99.0 Å². The molecule has 3 unspecified atom stereocenters. The van der Waals surface area contributed by atoms with Crippen LogP contribution in [0.1, 0.15) is 24.9 Å². The van der Waals surface area contributed by atoms with E-state index in [4.69, 9.17) is 73.8 Å². The third-order valence-electron chi connectivity index (χ3n) is 14.4. The highest BCUT2D eigenvalue weighted by Crippen LogP contribution is 2.55. The van der Waals surface area contributed by atoms with E-state index in [-0.39, 0.29) is 67.9 Å². The Bertz CT molecular complexity index is 4170. The molecule has 8 aromatic rings. The average molecular weight is 1350 g/mol. The van der Waals surface area contributed by atoms with Crippen LogP contribution in [0.4, 0.5) is 23.3 Å². The highest BCUT2D eigenvalue weighted by Gasteiger charge is 2.55. The molecule has 0 bridgehead atoms. The summed E-state index contributed by atoms with van der Waals surface area (Å²) in [6.45, 7) is -3.85. The van der Waals surface area contributed by atoms with Crippen LogP contribution >= 0.6 is 31.1 Å². The molecule has 0 spiro atoms. The largest absolute Gasteiger partial charge is 0.472 e. The lowest BCUT2D eigenvalue weighted by molar-refractivity contribution is -0.0668. The molecule has 0 amide bonds. The first-order valence-electron chi connectivity index (χ1n) is 26.0. The monoisotopic (exact) mass is 1350 g/mol. The highest BCUT2D eigenvalue weighted by atomic mass is 31.2. The van der Waals surface area contributed by atoms with E-state index >= 15 is 0 Å². The number of imidazole rings is 4. The molecule has 0 radical (unpaired) electrons. The van der Waals surface area contributed by atoms with Crippen molar-refractivity contribution in [1.82, 2.24) is 78.1 Å². The summed E-state index contributed by atoms with van der Waals surface area (Å²) >= 11 is 0. The predicted molar refractivity (Wildman–Crippen MR) is 289 cm³/mol. The topological polar surface area (TPSA) is 651 Å². The fourth-order valence-electron chi connectivity index (χ4n) is 10.2. The summed E-state index contributed by atoms with van der Waals surface area (Å²) in [4.78, 5) is 101. The Morgan fingerprint density at radius 2 is 0.667 bits per heavy atom. The molecule has 18 N–H and O–H groups in total. The van der Waals surface area contributed by atoms with E-state index in [9.17, 15) is 68.3 Å². The van der Waals surface area contributed by atoms with Gasteiger partial charge in [0.25, 0.3) is 0 Å². The minimum atomic E-state index is -5.62. The molecule has 486 valence electrons. The molecule has 0 aliphatic carbocycles. The number of hydrogen-bond acceptors (Lipinski definition) is 36. The molecule has 49 heteroatoms. The number of hydrogen-bond donors (Lipinski definition) is 14. The number of nitrogen functional groups attached to an aromatic ring is 4. The van der Waals surface area contributed by atoms with E-state index in [1.807, 2.05) is 0 Å². The Morgan fingerprint density at radius 1 is 0.389 bits per heavy atom. The second kappa shape index (κ2) is 24.5. The zero-order valence-electron chi connectivity index (χ0n) is 45.2. The van der Waals surface area contributed by atoms with Gasteiger partial charge in [-0.15, -0.1) is 0 Å². The number of anilines is 4. The highest BCUT2D eigenvalue weighted by molar-refractivity contribution is 7.51. The van der Waals surface area contributed by atoms with Crippen LogP contribution in [0.15, 0.2) is 50.6 Å². The summed E-state index contributed by atoms with van der Waals surface area (Å²) in [5.41, 5.74) is 23.9. The third kappa shape index (κ3) is 12.5. The Balaban J connectivity index is 0.749. The van der Waals surface area contributed by atoms with Crippen LogP contribution < -0.4 is 22.9 Å².